The molecule has 0 bridgehead atoms. The van der Waals surface area contributed by atoms with Crippen LogP contribution in [0, 0.1) is 5.92 Å². The average Bonchev–Trinajstić information content (AvgIpc) is 2.79. The Hall–Kier alpha value is -1.59. The van der Waals surface area contributed by atoms with Crippen LogP contribution in [0.3, 0.4) is 0 Å². The molecule has 3 rings (SSSR count). The maximum atomic E-state index is 13.1. The Labute approximate surface area is 188 Å². The number of piperidine rings is 1. The number of hydrogen-bond donors (Lipinski definition) is 1. The summed E-state index contributed by atoms with van der Waals surface area (Å²) < 4.78 is 12.0. The molecule has 1 aromatic rings. The van der Waals surface area contributed by atoms with Gasteiger partial charge in [-0.1, -0.05) is 20.3 Å². The molecule has 174 valence electrons. The summed E-state index contributed by atoms with van der Waals surface area (Å²) in [4.78, 5) is 15.7. The highest BCUT2D eigenvalue weighted by Crippen LogP contribution is 2.36. The van der Waals surface area contributed by atoms with Gasteiger partial charge in [0.1, 0.15) is 11.4 Å². The third kappa shape index (κ3) is 6.95. The zero-order chi connectivity index (χ0) is 22.1. The lowest BCUT2D eigenvalue weighted by Crippen LogP contribution is -2.48. The van der Waals surface area contributed by atoms with Crippen molar-refractivity contribution in [3.05, 3.63) is 24.3 Å². The molecule has 2 fully saturated rings. The Bertz CT molecular complexity index is 662. The standard InChI is InChI=1S/C26H42N2O3/c1-4-19-31-26(15-13-21(2)14-16-26)25(29)27-23-9-11-24(12-10-23)30-20-7-18-28-17-6-5-8-22(28)3/h9-12,21-22H,4-8,13-20H2,1-3H3,(H,27,29). The van der Waals surface area contributed by atoms with Crippen molar-refractivity contribution in [3.8, 4) is 5.75 Å². The minimum atomic E-state index is -0.677. The Morgan fingerprint density at radius 3 is 2.52 bits per heavy atom. The van der Waals surface area contributed by atoms with Gasteiger partial charge in [-0.05, 0) is 95.0 Å². The van der Waals surface area contributed by atoms with Crippen LogP contribution in [-0.4, -0.2) is 48.8 Å². The van der Waals surface area contributed by atoms with Crippen LogP contribution in [0.2, 0.25) is 0 Å². The van der Waals surface area contributed by atoms with E-state index in [1.807, 2.05) is 24.3 Å². The third-order valence-corrected chi connectivity index (χ3v) is 6.99. The van der Waals surface area contributed by atoms with Gasteiger partial charge in [0.05, 0.1) is 6.61 Å². The second-order valence-electron chi connectivity index (χ2n) is 9.59. The highest BCUT2D eigenvalue weighted by Gasteiger charge is 2.42. The highest BCUT2D eigenvalue weighted by atomic mass is 16.5. The first-order valence-corrected chi connectivity index (χ1v) is 12.4. The summed E-state index contributed by atoms with van der Waals surface area (Å²) >= 11 is 0. The number of nitrogens with zero attached hydrogens (tertiary/aromatic N) is 1. The lowest BCUT2D eigenvalue weighted by atomic mass is 9.78. The van der Waals surface area contributed by atoms with Crippen LogP contribution >= 0.6 is 0 Å². The molecule has 1 unspecified atom stereocenters. The molecular weight excluding hydrogens is 388 g/mol. The van der Waals surface area contributed by atoms with E-state index in [1.165, 1.54) is 25.8 Å². The van der Waals surface area contributed by atoms with Crippen molar-refractivity contribution in [3.63, 3.8) is 0 Å². The lowest BCUT2D eigenvalue weighted by molar-refractivity contribution is -0.147. The molecule has 5 heteroatoms. The zero-order valence-corrected chi connectivity index (χ0v) is 19.8. The van der Waals surface area contributed by atoms with E-state index in [2.05, 4.69) is 31.0 Å². The van der Waals surface area contributed by atoms with E-state index in [9.17, 15) is 4.79 Å². The van der Waals surface area contributed by atoms with E-state index in [4.69, 9.17) is 9.47 Å². The second-order valence-corrected chi connectivity index (χ2v) is 9.59. The minimum absolute atomic E-state index is 0.00262. The SMILES string of the molecule is CCCOC1(C(=O)Nc2ccc(OCCCN3CCCCC3C)cc2)CCC(C)CC1. The quantitative estimate of drug-likeness (QED) is 0.488. The largest absolute Gasteiger partial charge is 0.494 e. The molecule has 31 heavy (non-hydrogen) atoms. The van der Waals surface area contributed by atoms with Crippen LogP contribution in [-0.2, 0) is 9.53 Å². The average molecular weight is 431 g/mol. The number of benzene rings is 1. The molecule has 1 heterocycles. The maximum Gasteiger partial charge on any atom is 0.256 e. The molecule has 1 aromatic carbocycles. The van der Waals surface area contributed by atoms with E-state index < -0.39 is 5.60 Å². The number of amides is 1. The van der Waals surface area contributed by atoms with Crippen molar-refractivity contribution in [1.29, 1.82) is 0 Å². The van der Waals surface area contributed by atoms with Crippen molar-refractivity contribution >= 4 is 11.6 Å². The monoisotopic (exact) mass is 430 g/mol. The molecule has 1 N–H and O–H groups in total. The van der Waals surface area contributed by atoms with E-state index in [0.29, 0.717) is 18.6 Å². The summed E-state index contributed by atoms with van der Waals surface area (Å²) in [5, 5.41) is 3.09. The summed E-state index contributed by atoms with van der Waals surface area (Å²) in [6, 6.07) is 8.45. The van der Waals surface area contributed by atoms with E-state index >= 15 is 0 Å². The number of nitrogens with one attached hydrogen (secondary N) is 1. The fourth-order valence-corrected chi connectivity index (χ4v) is 4.79. The Kier molecular flexibility index (Phi) is 9.21. The van der Waals surface area contributed by atoms with Crippen molar-refractivity contribution in [1.82, 2.24) is 4.90 Å². The summed E-state index contributed by atoms with van der Waals surface area (Å²) in [5.41, 5.74) is 0.126. The Morgan fingerprint density at radius 2 is 1.84 bits per heavy atom. The summed E-state index contributed by atoms with van der Waals surface area (Å²) in [6.45, 7) is 10.4. The number of ether oxygens (including phenoxy) is 2. The summed E-state index contributed by atoms with van der Waals surface area (Å²) in [5.74, 6) is 1.52. The highest BCUT2D eigenvalue weighted by molar-refractivity contribution is 5.97. The molecule has 1 saturated heterocycles. The van der Waals surface area contributed by atoms with E-state index in [0.717, 1.165) is 63.1 Å². The topological polar surface area (TPSA) is 50.8 Å². The van der Waals surface area contributed by atoms with Crippen LogP contribution in [0.15, 0.2) is 24.3 Å². The first kappa shape index (κ1) is 24.1. The summed E-state index contributed by atoms with van der Waals surface area (Å²) in [7, 11) is 0. The molecule has 2 aliphatic rings. The lowest BCUT2D eigenvalue weighted by Gasteiger charge is -2.38. The van der Waals surface area contributed by atoms with Gasteiger partial charge in [0.15, 0.2) is 0 Å². The number of carbonyl (C=O) groups excluding carboxylic acids is 1. The minimum Gasteiger partial charge on any atom is -0.494 e. The van der Waals surface area contributed by atoms with Gasteiger partial charge in [-0.25, -0.2) is 0 Å². The number of anilines is 1. The van der Waals surface area contributed by atoms with Crippen molar-refractivity contribution in [2.45, 2.75) is 90.2 Å². The van der Waals surface area contributed by atoms with Gasteiger partial charge in [-0.2, -0.15) is 0 Å². The van der Waals surface area contributed by atoms with Gasteiger partial charge >= 0.3 is 0 Å². The predicted octanol–water partition coefficient (Wildman–Crippen LogP) is 5.64. The van der Waals surface area contributed by atoms with Crippen LogP contribution in [0.25, 0.3) is 0 Å². The second kappa shape index (κ2) is 11.9. The third-order valence-electron chi connectivity index (χ3n) is 6.99. The molecule has 0 spiro atoms. The molecule has 1 saturated carbocycles. The molecule has 1 aliphatic heterocycles. The van der Waals surface area contributed by atoms with Gasteiger partial charge in [-0.15, -0.1) is 0 Å². The van der Waals surface area contributed by atoms with Gasteiger partial charge in [-0.3, -0.25) is 4.79 Å². The first-order valence-electron chi connectivity index (χ1n) is 12.4. The smallest absolute Gasteiger partial charge is 0.256 e. The molecule has 1 amide bonds. The van der Waals surface area contributed by atoms with Crippen LogP contribution in [0.1, 0.15) is 78.6 Å². The van der Waals surface area contributed by atoms with Crippen molar-refractivity contribution in [2.24, 2.45) is 5.92 Å². The zero-order valence-electron chi connectivity index (χ0n) is 19.8. The number of carbonyl (C=O) groups is 1. The number of rotatable bonds is 10. The molecule has 1 aliphatic carbocycles. The van der Waals surface area contributed by atoms with Crippen molar-refractivity contribution in [2.75, 3.05) is 31.6 Å². The Morgan fingerprint density at radius 1 is 1.10 bits per heavy atom. The molecular formula is C26H42N2O3. The van der Waals surface area contributed by atoms with Gasteiger partial charge in [0.25, 0.3) is 5.91 Å². The molecule has 0 aromatic heterocycles. The van der Waals surface area contributed by atoms with Gasteiger partial charge in [0, 0.05) is 24.9 Å². The molecule has 0 radical (unpaired) electrons. The Balaban J connectivity index is 1.46. The molecule has 1 atom stereocenters. The number of likely N-dealkylation sites (tertiary alicyclic amines) is 1. The fourth-order valence-electron chi connectivity index (χ4n) is 4.79. The van der Waals surface area contributed by atoms with Crippen LogP contribution in [0.4, 0.5) is 5.69 Å². The number of hydrogen-bond acceptors (Lipinski definition) is 4. The predicted molar refractivity (Wildman–Crippen MR) is 127 cm³/mol. The van der Waals surface area contributed by atoms with E-state index in [-0.39, 0.29) is 5.91 Å². The fraction of sp³-hybridized carbons (Fsp3) is 0.731. The summed E-state index contributed by atoms with van der Waals surface area (Å²) in [6.07, 6.45) is 9.65. The van der Waals surface area contributed by atoms with E-state index in [1.54, 1.807) is 0 Å². The molecule has 5 nitrogen and oxygen atoms in total. The van der Waals surface area contributed by atoms with Crippen LogP contribution < -0.4 is 10.1 Å². The van der Waals surface area contributed by atoms with Crippen LogP contribution in [0.5, 0.6) is 5.75 Å². The van der Waals surface area contributed by atoms with Gasteiger partial charge < -0.3 is 19.7 Å². The normalized spacial score (nSPS) is 27.1. The van der Waals surface area contributed by atoms with Gasteiger partial charge in [0.2, 0.25) is 0 Å². The van der Waals surface area contributed by atoms with Crippen molar-refractivity contribution < 1.29 is 14.3 Å². The first-order chi connectivity index (χ1) is 15.0. The maximum absolute atomic E-state index is 13.1.